The Hall–Kier alpha value is -3.42. The molecular formula is C27H26ClN5OS. The number of nitrogens with one attached hydrogen (secondary N) is 1. The maximum Gasteiger partial charge on any atom is 0.250 e. The van der Waals surface area contributed by atoms with E-state index in [0.29, 0.717) is 10.2 Å². The van der Waals surface area contributed by atoms with Crippen molar-refractivity contribution < 1.29 is 4.79 Å². The Balaban J connectivity index is 1.52. The number of hydrogen-bond acceptors (Lipinski definition) is 5. The number of rotatable bonds is 7. The second-order valence-corrected chi connectivity index (χ2v) is 10.3. The zero-order chi connectivity index (χ0) is 24.8. The van der Waals surface area contributed by atoms with Crippen molar-refractivity contribution in [3.63, 3.8) is 0 Å². The SMILES string of the molecule is CC(C)(C)c1ccc(-c2nnc(SCC(=O)N/N=C\c3cccc(Cl)c3)n2-c2ccccc2)cc1. The van der Waals surface area contributed by atoms with Crippen LogP contribution < -0.4 is 5.43 Å². The number of aromatic nitrogens is 3. The number of benzene rings is 3. The summed E-state index contributed by atoms with van der Waals surface area (Å²) in [5.74, 6) is 0.617. The van der Waals surface area contributed by atoms with Gasteiger partial charge in [-0.15, -0.1) is 10.2 Å². The zero-order valence-corrected chi connectivity index (χ0v) is 21.3. The third-order valence-electron chi connectivity index (χ3n) is 5.24. The summed E-state index contributed by atoms with van der Waals surface area (Å²) in [6.45, 7) is 6.56. The lowest BCUT2D eigenvalue weighted by molar-refractivity contribution is -0.118. The summed E-state index contributed by atoms with van der Waals surface area (Å²) in [5, 5.41) is 14.1. The molecule has 0 bridgehead atoms. The van der Waals surface area contributed by atoms with E-state index in [1.807, 2.05) is 47.0 Å². The first kappa shape index (κ1) is 24.7. The Morgan fingerprint density at radius 1 is 1.03 bits per heavy atom. The van der Waals surface area contributed by atoms with E-state index < -0.39 is 0 Å². The van der Waals surface area contributed by atoms with Crippen LogP contribution in [0.3, 0.4) is 0 Å². The van der Waals surface area contributed by atoms with Crippen LogP contribution >= 0.6 is 23.4 Å². The predicted octanol–water partition coefficient (Wildman–Crippen LogP) is 6.13. The Morgan fingerprint density at radius 2 is 1.77 bits per heavy atom. The van der Waals surface area contributed by atoms with Crippen molar-refractivity contribution in [3.8, 4) is 17.1 Å². The zero-order valence-electron chi connectivity index (χ0n) is 19.8. The molecule has 0 unspecified atom stereocenters. The largest absolute Gasteiger partial charge is 0.272 e. The van der Waals surface area contributed by atoms with Crippen LogP contribution in [0.15, 0.2) is 89.1 Å². The second kappa shape index (κ2) is 10.9. The molecule has 0 aliphatic rings. The number of carbonyl (C=O) groups excluding carboxylic acids is 1. The van der Waals surface area contributed by atoms with Crippen molar-refractivity contribution in [2.24, 2.45) is 5.10 Å². The maximum absolute atomic E-state index is 12.4. The first-order chi connectivity index (χ1) is 16.8. The highest BCUT2D eigenvalue weighted by atomic mass is 35.5. The van der Waals surface area contributed by atoms with Crippen LogP contribution in [-0.4, -0.2) is 32.6 Å². The van der Waals surface area contributed by atoms with Crippen molar-refractivity contribution in [2.45, 2.75) is 31.3 Å². The number of amides is 1. The summed E-state index contributed by atoms with van der Waals surface area (Å²) in [4.78, 5) is 12.4. The van der Waals surface area contributed by atoms with Gasteiger partial charge in [0.25, 0.3) is 5.91 Å². The third kappa shape index (κ3) is 6.38. The van der Waals surface area contributed by atoms with Gasteiger partial charge in [-0.1, -0.05) is 98.7 Å². The molecule has 0 spiro atoms. The van der Waals surface area contributed by atoms with Gasteiger partial charge in [0.05, 0.1) is 12.0 Å². The molecule has 0 radical (unpaired) electrons. The topological polar surface area (TPSA) is 72.2 Å². The standard InChI is InChI=1S/C27H26ClN5OS/c1-27(2,3)21-14-12-20(13-15-21)25-31-32-26(33(25)23-10-5-4-6-11-23)35-18-24(34)30-29-17-19-8-7-9-22(28)16-19/h4-17H,18H2,1-3H3,(H,30,34)/b29-17-. The molecule has 0 atom stereocenters. The number of thioether (sulfide) groups is 1. The first-order valence-electron chi connectivity index (χ1n) is 11.1. The lowest BCUT2D eigenvalue weighted by Crippen LogP contribution is -2.20. The van der Waals surface area contributed by atoms with E-state index in [9.17, 15) is 4.79 Å². The van der Waals surface area contributed by atoms with E-state index in [-0.39, 0.29) is 17.1 Å². The number of hydrogen-bond donors (Lipinski definition) is 1. The molecule has 4 aromatic rings. The average Bonchev–Trinajstić information content (AvgIpc) is 3.27. The molecule has 0 saturated carbocycles. The van der Waals surface area contributed by atoms with Crippen molar-refractivity contribution in [1.82, 2.24) is 20.2 Å². The minimum absolute atomic E-state index is 0.0647. The van der Waals surface area contributed by atoms with E-state index in [0.717, 1.165) is 22.6 Å². The molecule has 178 valence electrons. The fraction of sp³-hybridized carbons (Fsp3) is 0.185. The summed E-state index contributed by atoms with van der Waals surface area (Å²) in [6, 6.07) is 25.5. The van der Waals surface area contributed by atoms with Gasteiger partial charge in [-0.3, -0.25) is 9.36 Å². The van der Waals surface area contributed by atoms with Gasteiger partial charge in [0.2, 0.25) is 0 Å². The summed E-state index contributed by atoms with van der Waals surface area (Å²) in [5.41, 5.74) is 6.54. The molecule has 3 aromatic carbocycles. The van der Waals surface area contributed by atoms with Gasteiger partial charge in [-0.05, 0) is 40.8 Å². The van der Waals surface area contributed by atoms with Crippen LogP contribution in [0.4, 0.5) is 0 Å². The van der Waals surface area contributed by atoms with Gasteiger partial charge < -0.3 is 0 Å². The van der Waals surface area contributed by atoms with Crippen LogP contribution in [0, 0.1) is 0 Å². The Morgan fingerprint density at radius 3 is 2.46 bits per heavy atom. The van der Waals surface area contributed by atoms with Gasteiger partial charge in [0, 0.05) is 16.3 Å². The fourth-order valence-corrected chi connectivity index (χ4v) is 4.35. The molecule has 0 fully saturated rings. The van der Waals surface area contributed by atoms with E-state index >= 15 is 0 Å². The maximum atomic E-state index is 12.4. The molecule has 1 heterocycles. The number of nitrogens with zero attached hydrogens (tertiary/aromatic N) is 4. The Kier molecular flexibility index (Phi) is 7.68. The number of hydrazone groups is 1. The summed E-state index contributed by atoms with van der Waals surface area (Å²) < 4.78 is 1.97. The van der Waals surface area contributed by atoms with Gasteiger partial charge in [-0.25, -0.2) is 5.43 Å². The van der Waals surface area contributed by atoms with Gasteiger partial charge in [0.15, 0.2) is 11.0 Å². The molecular weight excluding hydrogens is 478 g/mol. The van der Waals surface area contributed by atoms with Gasteiger partial charge >= 0.3 is 0 Å². The van der Waals surface area contributed by atoms with Crippen LogP contribution in [-0.2, 0) is 10.2 Å². The second-order valence-electron chi connectivity index (χ2n) is 8.94. The Bertz CT molecular complexity index is 1330. The smallest absolute Gasteiger partial charge is 0.250 e. The third-order valence-corrected chi connectivity index (χ3v) is 6.40. The molecule has 0 saturated heterocycles. The van der Waals surface area contributed by atoms with Gasteiger partial charge in [-0.2, -0.15) is 5.10 Å². The quantitative estimate of drug-likeness (QED) is 0.187. The van der Waals surface area contributed by atoms with E-state index in [4.69, 9.17) is 11.6 Å². The normalized spacial score (nSPS) is 11.7. The van der Waals surface area contributed by atoms with E-state index in [2.05, 4.69) is 65.8 Å². The number of carbonyl (C=O) groups is 1. The highest BCUT2D eigenvalue weighted by Gasteiger charge is 2.19. The minimum Gasteiger partial charge on any atom is -0.272 e. The highest BCUT2D eigenvalue weighted by Crippen LogP contribution is 2.30. The van der Waals surface area contributed by atoms with Gasteiger partial charge in [0.1, 0.15) is 0 Å². The fourth-order valence-electron chi connectivity index (χ4n) is 3.41. The summed E-state index contributed by atoms with van der Waals surface area (Å²) in [6.07, 6.45) is 1.56. The van der Waals surface area contributed by atoms with Crippen LogP contribution in [0.5, 0.6) is 0 Å². The lowest BCUT2D eigenvalue weighted by Gasteiger charge is -2.19. The predicted molar refractivity (Wildman–Crippen MR) is 143 cm³/mol. The average molecular weight is 504 g/mol. The minimum atomic E-state index is -0.244. The first-order valence-corrected chi connectivity index (χ1v) is 12.5. The van der Waals surface area contributed by atoms with Crippen LogP contribution in [0.25, 0.3) is 17.1 Å². The van der Waals surface area contributed by atoms with Crippen LogP contribution in [0.2, 0.25) is 5.02 Å². The van der Waals surface area contributed by atoms with Crippen LogP contribution in [0.1, 0.15) is 31.9 Å². The number of halogens is 1. The van der Waals surface area contributed by atoms with Crippen molar-refractivity contribution >= 4 is 35.5 Å². The van der Waals surface area contributed by atoms with E-state index in [1.54, 1.807) is 18.3 Å². The lowest BCUT2D eigenvalue weighted by atomic mass is 9.87. The van der Waals surface area contributed by atoms with Crippen molar-refractivity contribution in [1.29, 1.82) is 0 Å². The highest BCUT2D eigenvalue weighted by molar-refractivity contribution is 7.99. The molecule has 1 aromatic heterocycles. The molecule has 1 amide bonds. The number of para-hydroxylation sites is 1. The van der Waals surface area contributed by atoms with E-state index in [1.165, 1.54) is 17.3 Å². The molecule has 4 rings (SSSR count). The summed E-state index contributed by atoms with van der Waals surface area (Å²) >= 11 is 7.28. The van der Waals surface area contributed by atoms with Crippen molar-refractivity contribution in [2.75, 3.05) is 5.75 Å². The molecule has 0 aliphatic carbocycles. The molecule has 1 N–H and O–H groups in total. The molecule has 0 aliphatic heterocycles. The summed E-state index contributed by atoms with van der Waals surface area (Å²) in [7, 11) is 0. The monoisotopic (exact) mass is 503 g/mol. The molecule has 35 heavy (non-hydrogen) atoms. The Labute approximate surface area is 214 Å². The molecule has 8 heteroatoms. The van der Waals surface area contributed by atoms with Crippen molar-refractivity contribution in [3.05, 3.63) is 95.0 Å². The molecule has 6 nitrogen and oxygen atoms in total.